The third-order valence-corrected chi connectivity index (χ3v) is 3.21. The minimum absolute atomic E-state index is 0.614. The van der Waals surface area contributed by atoms with Gasteiger partial charge in [0.2, 0.25) is 0 Å². The lowest BCUT2D eigenvalue weighted by Gasteiger charge is -2.07. The monoisotopic (exact) mass is 278 g/mol. The second-order valence-corrected chi connectivity index (χ2v) is 5.02. The van der Waals surface area contributed by atoms with E-state index in [0.29, 0.717) is 6.61 Å². The maximum atomic E-state index is 5.78. The molecule has 0 saturated heterocycles. The lowest BCUT2D eigenvalue weighted by atomic mass is 10.1. The van der Waals surface area contributed by atoms with Crippen molar-refractivity contribution in [1.82, 2.24) is 0 Å². The maximum absolute atomic E-state index is 5.78. The van der Waals surface area contributed by atoms with E-state index in [2.05, 4.69) is 43.0 Å². The molecule has 0 aliphatic heterocycles. The first-order valence-electron chi connectivity index (χ1n) is 7.60. The number of hydrogen-bond donors (Lipinski definition) is 0. The first-order chi connectivity index (χ1) is 10.4. The Balaban J connectivity index is 1.78. The number of ether oxygens (including phenoxy) is 1. The first kappa shape index (κ1) is 15.2. The maximum Gasteiger partial charge on any atom is 0.119 e. The zero-order valence-corrected chi connectivity index (χ0v) is 12.6. The van der Waals surface area contributed by atoms with Crippen molar-refractivity contribution in [3.63, 3.8) is 0 Å². The molecule has 0 heterocycles. The van der Waals surface area contributed by atoms with E-state index in [1.807, 2.05) is 30.3 Å². The molecule has 0 bridgehead atoms. The number of aryl methyl sites for hydroxylation is 1. The summed E-state index contributed by atoms with van der Waals surface area (Å²) >= 11 is 0. The van der Waals surface area contributed by atoms with E-state index in [-0.39, 0.29) is 0 Å². The predicted molar refractivity (Wildman–Crippen MR) is 88.2 cm³/mol. The van der Waals surface area contributed by atoms with Crippen LogP contribution in [-0.4, -0.2) is 0 Å². The van der Waals surface area contributed by atoms with Crippen LogP contribution in [0.15, 0.2) is 54.6 Å². The molecule has 0 amide bonds. The molecule has 0 fully saturated rings. The van der Waals surface area contributed by atoms with Gasteiger partial charge in [-0.1, -0.05) is 49.4 Å². The van der Waals surface area contributed by atoms with Crippen molar-refractivity contribution in [3.8, 4) is 17.6 Å². The molecule has 0 aromatic heterocycles. The molecule has 0 atom stereocenters. The number of benzene rings is 2. The third kappa shape index (κ3) is 5.75. The van der Waals surface area contributed by atoms with Gasteiger partial charge in [0.15, 0.2) is 0 Å². The predicted octanol–water partition coefficient (Wildman–Crippen LogP) is 5.00. The lowest BCUT2D eigenvalue weighted by molar-refractivity contribution is 0.306. The van der Waals surface area contributed by atoms with Crippen molar-refractivity contribution in [3.05, 3.63) is 65.7 Å². The molecule has 2 aromatic rings. The Kier molecular flexibility index (Phi) is 6.42. The number of unbranched alkanes of at least 4 members (excludes halogenated alkanes) is 1. The van der Waals surface area contributed by atoms with Crippen LogP contribution >= 0.6 is 0 Å². The van der Waals surface area contributed by atoms with Crippen LogP contribution in [0, 0.1) is 11.8 Å². The average molecular weight is 278 g/mol. The van der Waals surface area contributed by atoms with Crippen molar-refractivity contribution in [1.29, 1.82) is 0 Å². The van der Waals surface area contributed by atoms with E-state index in [0.717, 1.165) is 31.4 Å². The van der Waals surface area contributed by atoms with Gasteiger partial charge in [0.05, 0.1) is 0 Å². The van der Waals surface area contributed by atoms with E-state index in [9.17, 15) is 0 Å². The van der Waals surface area contributed by atoms with E-state index in [1.165, 1.54) is 11.1 Å². The Bertz CT molecular complexity index is 573. The Morgan fingerprint density at radius 3 is 2.24 bits per heavy atom. The van der Waals surface area contributed by atoms with E-state index < -0.39 is 0 Å². The number of rotatable bonds is 6. The fraction of sp³-hybridized carbons (Fsp3) is 0.300. The minimum Gasteiger partial charge on any atom is -0.489 e. The zero-order valence-electron chi connectivity index (χ0n) is 12.6. The fourth-order valence-electron chi connectivity index (χ4n) is 2.00. The highest BCUT2D eigenvalue weighted by molar-refractivity contribution is 5.28. The van der Waals surface area contributed by atoms with E-state index in [4.69, 9.17) is 4.74 Å². The third-order valence-electron chi connectivity index (χ3n) is 3.21. The smallest absolute Gasteiger partial charge is 0.119 e. The molecule has 0 aliphatic carbocycles. The van der Waals surface area contributed by atoms with Gasteiger partial charge in [-0.25, -0.2) is 0 Å². The molecule has 0 aliphatic rings. The van der Waals surface area contributed by atoms with Crippen molar-refractivity contribution < 1.29 is 4.74 Å². The summed E-state index contributed by atoms with van der Waals surface area (Å²) in [5.74, 6) is 7.31. The summed E-state index contributed by atoms with van der Waals surface area (Å²) in [5.41, 5.74) is 2.50. The molecule has 0 N–H and O–H groups in total. The Morgan fingerprint density at radius 2 is 1.52 bits per heavy atom. The minimum atomic E-state index is 0.614. The highest BCUT2D eigenvalue weighted by Crippen LogP contribution is 2.15. The normalized spacial score (nSPS) is 9.76. The van der Waals surface area contributed by atoms with Crippen LogP contribution < -0.4 is 4.74 Å². The summed E-state index contributed by atoms with van der Waals surface area (Å²) in [6.07, 6.45) is 4.09. The van der Waals surface area contributed by atoms with Crippen LogP contribution in [0.1, 0.15) is 37.3 Å². The van der Waals surface area contributed by atoms with Crippen LogP contribution in [0.2, 0.25) is 0 Å². The molecule has 0 saturated carbocycles. The molecule has 0 radical (unpaired) electrons. The van der Waals surface area contributed by atoms with Gasteiger partial charge in [0.1, 0.15) is 12.4 Å². The van der Waals surface area contributed by atoms with E-state index in [1.54, 1.807) is 0 Å². The van der Waals surface area contributed by atoms with Crippen LogP contribution in [0.25, 0.3) is 0 Å². The van der Waals surface area contributed by atoms with Gasteiger partial charge >= 0.3 is 0 Å². The second-order valence-electron chi connectivity index (χ2n) is 5.02. The molecule has 0 unspecified atom stereocenters. The first-order valence-corrected chi connectivity index (χ1v) is 7.60. The molecular weight excluding hydrogens is 256 g/mol. The van der Waals surface area contributed by atoms with Gasteiger partial charge in [-0.15, -0.1) is 11.8 Å². The number of hydrogen-bond acceptors (Lipinski definition) is 1. The molecular formula is C20H22O. The molecule has 0 spiro atoms. The molecule has 1 nitrogen and oxygen atoms in total. The second kappa shape index (κ2) is 8.87. The van der Waals surface area contributed by atoms with Crippen molar-refractivity contribution >= 4 is 0 Å². The molecule has 1 heteroatoms. The van der Waals surface area contributed by atoms with Crippen LogP contribution in [0.4, 0.5) is 0 Å². The SMILES string of the molecule is CCCC#CCCc1ccc(OCc2ccccc2)cc1. The molecule has 2 rings (SSSR count). The lowest BCUT2D eigenvalue weighted by Crippen LogP contribution is -1.95. The van der Waals surface area contributed by atoms with Crippen molar-refractivity contribution in [2.45, 2.75) is 39.2 Å². The van der Waals surface area contributed by atoms with Crippen LogP contribution in [0.5, 0.6) is 5.75 Å². The summed E-state index contributed by atoms with van der Waals surface area (Å²) in [5, 5.41) is 0. The van der Waals surface area contributed by atoms with Gasteiger partial charge in [-0.3, -0.25) is 0 Å². The van der Waals surface area contributed by atoms with Gasteiger partial charge in [-0.2, -0.15) is 0 Å². The van der Waals surface area contributed by atoms with E-state index >= 15 is 0 Å². The summed E-state index contributed by atoms with van der Waals surface area (Å²) in [7, 11) is 0. The van der Waals surface area contributed by atoms with Crippen LogP contribution in [0.3, 0.4) is 0 Å². The summed E-state index contributed by atoms with van der Waals surface area (Å²) in [6, 6.07) is 18.6. The summed E-state index contributed by atoms with van der Waals surface area (Å²) in [4.78, 5) is 0. The quantitative estimate of drug-likeness (QED) is 0.675. The average Bonchev–Trinajstić information content (AvgIpc) is 2.55. The van der Waals surface area contributed by atoms with Gasteiger partial charge < -0.3 is 4.74 Å². The van der Waals surface area contributed by atoms with Gasteiger partial charge in [0, 0.05) is 12.8 Å². The highest BCUT2D eigenvalue weighted by Gasteiger charge is 1.96. The van der Waals surface area contributed by atoms with Gasteiger partial charge in [0.25, 0.3) is 0 Å². The molecule has 2 aromatic carbocycles. The van der Waals surface area contributed by atoms with Crippen molar-refractivity contribution in [2.24, 2.45) is 0 Å². The Morgan fingerprint density at radius 1 is 0.810 bits per heavy atom. The van der Waals surface area contributed by atoms with Crippen molar-refractivity contribution in [2.75, 3.05) is 0 Å². The molecule has 21 heavy (non-hydrogen) atoms. The largest absolute Gasteiger partial charge is 0.489 e. The Hall–Kier alpha value is -2.20. The standard InChI is InChI=1S/C20H22O/c1-2-3-4-5-7-10-18-13-15-20(16-14-18)21-17-19-11-8-6-9-12-19/h6,8-9,11-16H,2-3,7,10,17H2,1H3. The highest BCUT2D eigenvalue weighted by atomic mass is 16.5. The Labute approximate surface area is 128 Å². The molecule has 108 valence electrons. The topological polar surface area (TPSA) is 9.23 Å². The summed E-state index contributed by atoms with van der Waals surface area (Å²) < 4.78 is 5.78. The zero-order chi connectivity index (χ0) is 14.8. The van der Waals surface area contributed by atoms with Crippen LogP contribution in [-0.2, 0) is 13.0 Å². The summed E-state index contributed by atoms with van der Waals surface area (Å²) in [6.45, 7) is 2.77. The fourth-order valence-corrected chi connectivity index (χ4v) is 2.00. The van der Waals surface area contributed by atoms with Gasteiger partial charge in [-0.05, 0) is 36.1 Å².